The van der Waals surface area contributed by atoms with Gasteiger partial charge in [0, 0.05) is 18.4 Å². The molecule has 2 aromatic carbocycles. The van der Waals surface area contributed by atoms with E-state index in [1.165, 1.54) is 23.9 Å². The molecular formula is C17H14F3N3S. The molecule has 3 rings (SSSR count). The molecule has 24 heavy (non-hydrogen) atoms. The van der Waals surface area contributed by atoms with Crippen LogP contribution in [0.3, 0.4) is 0 Å². The normalized spacial score (nSPS) is 11.7. The van der Waals surface area contributed by atoms with Crippen molar-refractivity contribution >= 4 is 11.8 Å². The third-order valence-corrected chi connectivity index (χ3v) is 4.62. The summed E-state index contributed by atoms with van der Waals surface area (Å²) in [5.74, 6) is 0.860. The lowest BCUT2D eigenvalue weighted by molar-refractivity contribution is -0.138. The highest BCUT2D eigenvalue weighted by molar-refractivity contribution is 7.98. The van der Waals surface area contributed by atoms with E-state index in [1.54, 1.807) is 17.7 Å². The Bertz CT molecular complexity index is 829. The molecule has 0 fully saturated rings. The van der Waals surface area contributed by atoms with E-state index in [-0.39, 0.29) is 11.3 Å². The number of halogens is 3. The van der Waals surface area contributed by atoms with Crippen LogP contribution in [0, 0.1) is 0 Å². The molecule has 0 atom stereocenters. The van der Waals surface area contributed by atoms with Gasteiger partial charge >= 0.3 is 6.18 Å². The predicted molar refractivity (Wildman–Crippen MR) is 87.4 cm³/mol. The van der Waals surface area contributed by atoms with Crippen molar-refractivity contribution in [3.63, 3.8) is 0 Å². The maximum Gasteiger partial charge on any atom is 0.416 e. The highest BCUT2D eigenvalue weighted by Gasteiger charge is 2.32. The number of nitrogens with zero attached hydrogens (tertiary/aromatic N) is 3. The molecule has 124 valence electrons. The Morgan fingerprint density at radius 3 is 2.33 bits per heavy atom. The molecular weight excluding hydrogens is 335 g/mol. The van der Waals surface area contributed by atoms with E-state index < -0.39 is 11.7 Å². The summed E-state index contributed by atoms with van der Waals surface area (Å²) in [4.78, 5) is 0. The Kier molecular flexibility index (Phi) is 4.62. The molecule has 0 amide bonds. The summed E-state index contributed by atoms with van der Waals surface area (Å²) in [6.07, 6.45) is -4.35. The van der Waals surface area contributed by atoms with Crippen molar-refractivity contribution in [2.24, 2.45) is 7.05 Å². The Balaban J connectivity index is 1.81. The van der Waals surface area contributed by atoms with Crippen molar-refractivity contribution in [3.8, 4) is 11.4 Å². The molecule has 0 saturated carbocycles. The number of thioether (sulfide) groups is 1. The molecule has 1 aromatic heterocycles. The molecule has 0 unspecified atom stereocenters. The Morgan fingerprint density at radius 1 is 0.958 bits per heavy atom. The number of hydrogen-bond acceptors (Lipinski definition) is 3. The van der Waals surface area contributed by atoms with Gasteiger partial charge in [-0.25, -0.2) is 0 Å². The van der Waals surface area contributed by atoms with E-state index in [1.807, 2.05) is 30.3 Å². The lowest BCUT2D eigenvalue weighted by Crippen LogP contribution is -2.08. The largest absolute Gasteiger partial charge is 0.416 e. The highest BCUT2D eigenvalue weighted by Crippen LogP contribution is 2.34. The van der Waals surface area contributed by atoms with Crippen molar-refractivity contribution < 1.29 is 13.2 Å². The Labute approximate surface area is 141 Å². The standard InChI is InChI=1S/C17H14F3N3S/c1-23-15(12-7-3-2-4-8-12)21-22-16(23)24-11-13-9-5-6-10-14(13)17(18,19)20/h2-10H,11H2,1H3. The summed E-state index contributed by atoms with van der Waals surface area (Å²) in [6.45, 7) is 0. The molecule has 0 radical (unpaired) electrons. The van der Waals surface area contributed by atoms with Crippen molar-refractivity contribution in [1.82, 2.24) is 14.8 Å². The summed E-state index contributed by atoms with van der Waals surface area (Å²) >= 11 is 1.24. The van der Waals surface area contributed by atoms with E-state index in [0.29, 0.717) is 11.0 Å². The molecule has 0 N–H and O–H groups in total. The van der Waals surface area contributed by atoms with Crippen LogP contribution in [0.25, 0.3) is 11.4 Å². The molecule has 1 heterocycles. The van der Waals surface area contributed by atoms with E-state index in [0.717, 1.165) is 11.6 Å². The summed E-state index contributed by atoms with van der Waals surface area (Å²) < 4.78 is 40.9. The van der Waals surface area contributed by atoms with Gasteiger partial charge in [0.25, 0.3) is 0 Å². The van der Waals surface area contributed by atoms with Gasteiger partial charge in [-0.3, -0.25) is 0 Å². The van der Waals surface area contributed by atoms with Crippen LogP contribution in [-0.4, -0.2) is 14.8 Å². The fourth-order valence-corrected chi connectivity index (χ4v) is 3.26. The van der Waals surface area contributed by atoms with Gasteiger partial charge in [-0.05, 0) is 11.6 Å². The molecule has 0 saturated heterocycles. The summed E-state index contributed by atoms with van der Waals surface area (Å²) in [6, 6.07) is 15.1. The summed E-state index contributed by atoms with van der Waals surface area (Å²) in [5, 5.41) is 8.81. The number of rotatable bonds is 4. The van der Waals surface area contributed by atoms with Crippen LogP contribution in [0.5, 0.6) is 0 Å². The molecule has 3 aromatic rings. The van der Waals surface area contributed by atoms with Gasteiger partial charge in [0.1, 0.15) is 0 Å². The molecule has 0 aliphatic heterocycles. The first-order chi connectivity index (χ1) is 11.5. The lowest BCUT2D eigenvalue weighted by atomic mass is 10.1. The minimum atomic E-state index is -4.35. The fraction of sp³-hybridized carbons (Fsp3) is 0.176. The van der Waals surface area contributed by atoms with Crippen molar-refractivity contribution in [2.45, 2.75) is 17.1 Å². The number of benzene rings is 2. The van der Waals surface area contributed by atoms with Crippen molar-refractivity contribution in [2.75, 3.05) is 0 Å². The van der Waals surface area contributed by atoms with E-state index in [9.17, 15) is 13.2 Å². The van der Waals surface area contributed by atoms with E-state index >= 15 is 0 Å². The SMILES string of the molecule is Cn1c(SCc2ccccc2C(F)(F)F)nnc1-c1ccccc1. The van der Waals surface area contributed by atoms with E-state index in [2.05, 4.69) is 10.2 Å². The van der Waals surface area contributed by atoms with Gasteiger partial charge in [-0.2, -0.15) is 13.2 Å². The monoisotopic (exact) mass is 349 g/mol. The molecule has 7 heteroatoms. The minimum absolute atomic E-state index is 0.177. The highest BCUT2D eigenvalue weighted by atomic mass is 32.2. The van der Waals surface area contributed by atoms with Gasteiger partial charge in [-0.1, -0.05) is 60.3 Å². The number of alkyl halides is 3. The van der Waals surface area contributed by atoms with Crippen LogP contribution in [0.1, 0.15) is 11.1 Å². The predicted octanol–water partition coefficient (Wildman–Crippen LogP) is 4.79. The van der Waals surface area contributed by atoms with Crippen LogP contribution < -0.4 is 0 Å². The second-order valence-corrected chi connectivity index (χ2v) is 6.12. The van der Waals surface area contributed by atoms with Crippen LogP contribution >= 0.6 is 11.8 Å². The van der Waals surface area contributed by atoms with Crippen molar-refractivity contribution in [3.05, 3.63) is 65.7 Å². The van der Waals surface area contributed by atoms with Gasteiger partial charge in [-0.15, -0.1) is 10.2 Å². The second-order valence-electron chi connectivity index (χ2n) is 5.17. The summed E-state index contributed by atoms with van der Waals surface area (Å²) in [5.41, 5.74) is 0.539. The zero-order chi connectivity index (χ0) is 17.2. The number of aromatic nitrogens is 3. The molecule has 0 bridgehead atoms. The molecule has 0 spiro atoms. The van der Waals surface area contributed by atoms with Gasteiger partial charge in [0.15, 0.2) is 11.0 Å². The maximum absolute atomic E-state index is 13.0. The fourth-order valence-electron chi connectivity index (χ4n) is 2.34. The van der Waals surface area contributed by atoms with Crippen LogP contribution in [0.4, 0.5) is 13.2 Å². The number of hydrogen-bond donors (Lipinski definition) is 0. The average Bonchev–Trinajstić information content (AvgIpc) is 2.94. The van der Waals surface area contributed by atoms with Crippen LogP contribution in [-0.2, 0) is 19.0 Å². The van der Waals surface area contributed by atoms with Gasteiger partial charge in [0.05, 0.1) is 5.56 Å². The van der Waals surface area contributed by atoms with Crippen LogP contribution in [0.15, 0.2) is 59.8 Å². The first kappa shape index (κ1) is 16.6. The Morgan fingerprint density at radius 2 is 1.62 bits per heavy atom. The molecule has 0 aliphatic rings. The average molecular weight is 349 g/mol. The smallest absolute Gasteiger partial charge is 0.305 e. The zero-order valence-corrected chi connectivity index (χ0v) is 13.6. The third-order valence-electron chi connectivity index (χ3n) is 3.55. The second kappa shape index (κ2) is 6.68. The van der Waals surface area contributed by atoms with Crippen molar-refractivity contribution in [1.29, 1.82) is 0 Å². The lowest BCUT2D eigenvalue weighted by Gasteiger charge is -2.12. The quantitative estimate of drug-likeness (QED) is 0.634. The first-order valence-corrected chi connectivity index (χ1v) is 8.18. The molecule has 3 nitrogen and oxygen atoms in total. The van der Waals surface area contributed by atoms with Gasteiger partial charge in [0.2, 0.25) is 0 Å². The first-order valence-electron chi connectivity index (χ1n) is 7.19. The summed E-state index contributed by atoms with van der Waals surface area (Å²) in [7, 11) is 1.81. The topological polar surface area (TPSA) is 30.7 Å². The minimum Gasteiger partial charge on any atom is -0.305 e. The van der Waals surface area contributed by atoms with Gasteiger partial charge < -0.3 is 4.57 Å². The maximum atomic E-state index is 13.0. The van der Waals surface area contributed by atoms with E-state index in [4.69, 9.17) is 0 Å². The Hall–Kier alpha value is -2.28. The zero-order valence-electron chi connectivity index (χ0n) is 12.8. The third kappa shape index (κ3) is 3.46. The van der Waals surface area contributed by atoms with Crippen LogP contribution in [0.2, 0.25) is 0 Å². The molecule has 0 aliphatic carbocycles.